The van der Waals surface area contributed by atoms with Gasteiger partial charge < -0.3 is 15.3 Å². The summed E-state index contributed by atoms with van der Waals surface area (Å²) in [5, 5.41) is 29.0. The highest BCUT2D eigenvalue weighted by atomic mass is 16.3. The predicted octanol–water partition coefficient (Wildman–Crippen LogP) is 4.21. The van der Waals surface area contributed by atoms with E-state index in [1.165, 1.54) is 5.57 Å². The maximum Gasteiger partial charge on any atom is 0.116 e. The molecule has 3 heteroatoms. The highest BCUT2D eigenvalue weighted by Gasteiger charge is 2.13. The van der Waals surface area contributed by atoms with Crippen LogP contribution in [0, 0.1) is 0 Å². The molecule has 0 fully saturated rings. The zero-order valence-electron chi connectivity index (χ0n) is 14.1. The van der Waals surface area contributed by atoms with Crippen LogP contribution >= 0.6 is 0 Å². The van der Waals surface area contributed by atoms with E-state index in [1.807, 2.05) is 19.1 Å². The topological polar surface area (TPSA) is 60.7 Å². The van der Waals surface area contributed by atoms with Gasteiger partial charge in [-0.1, -0.05) is 50.3 Å². The molecule has 0 aliphatic heterocycles. The van der Waals surface area contributed by atoms with E-state index in [0.717, 1.165) is 36.0 Å². The SMILES string of the molecule is C=C(CC)/C(=C/CO)C(O)CC/C(=C/c1cccc(O)c1)CC. The van der Waals surface area contributed by atoms with Gasteiger partial charge in [0, 0.05) is 0 Å². The van der Waals surface area contributed by atoms with Crippen molar-refractivity contribution < 1.29 is 15.3 Å². The van der Waals surface area contributed by atoms with Gasteiger partial charge in [-0.05, 0) is 54.5 Å². The largest absolute Gasteiger partial charge is 0.508 e. The van der Waals surface area contributed by atoms with Gasteiger partial charge in [0.2, 0.25) is 0 Å². The predicted molar refractivity (Wildman–Crippen MR) is 96.2 cm³/mol. The van der Waals surface area contributed by atoms with Gasteiger partial charge >= 0.3 is 0 Å². The Morgan fingerprint density at radius 2 is 2.00 bits per heavy atom. The van der Waals surface area contributed by atoms with E-state index in [4.69, 9.17) is 5.11 Å². The first-order valence-corrected chi connectivity index (χ1v) is 8.17. The summed E-state index contributed by atoms with van der Waals surface area (Å²) in [7, 11) is 0. The highest BCUT2D eigenvalue weighted by Crippen LogP contribution is 2.23. The molecular formula is C20H28O3. The Morgan fingerprint density at radius 3 is 2.57 bits per heavy atom. The summed E-state index contributed by atoms with van der Waals surface area (Å²) < 4.78 is 0. The van der Waals surface area contributed by atoms with E-state index < -0.39 is 6.10 Å². The number of hydrogen-bond acceptors (Lipinski definition) is 3. The van der Waals surface area contributed by atoms with Crippen LogP contribution in [0.3, 0.4) is 0 Å². The van der Waals surface area contributed by atoms with Crippen LogP contribution in [-0.2, 0) is 0 Å². The summed E-state index contributed by atoms with van der Waals surface area (Å²) in [5.41, 5.74) is 3.77. The molecule has 1 unspecified atom stereocenters. The number of phenols is 1. The zero-order chi connectivity index (χ0) is 17.2. The number of aromatic hydroxyl groups is 1. The normalized spacial score (nSPS) is 13.9. The fourth-order valence-corrected chi connectivity index (χ4v) is 2.50. The fourth-order valence-electron chi connectivity index (χ4n) is 2.50. The first-order valence-electron chi connectivity index (χ1n) is 8.17. The van der Waals surface area contributed by atoms with Crippen molar-refractivity contribution >= 4 is 6.08 Å². The molecule has 3 N–H and O–H groups in total. The van der Waals surface area contributed by atoms with Crippen molar-refractivity contribution in [3.63, 3.8) is 0 Å². The van der Waals surface area contributed by atoms with E-state index >= 15 is 0 Å². The molecule has 0 aromatic heterocycles. The Morgan fingerprint density at radius 1 is 1.26 bits per heavy atom. The Hall–Kier alpha value is -1.84. The zero-order valence-corrected chi connectivity index (χ0v) is 14.1. The van der Waals surface area contributed by atoms with E-state index in [0.29, 0.717) is 6.42 Å². The molecular weight excluding hydrogens is 288 g/mol. The maximum absolute atomic E-state index is 10.4. The van der Waals surface area contributed by atoms with Crippen molar-refractivity contribution in [3.8, 4) is 5.75 Å². The lowest BCUT2D eigenvalue weighted by Gasteiger charge is -2.17. The molecule has 126 valence electrons. The number of rotatable bonds is 9. The van der Waals surface area contributed by atoms with E-state index in [1.54, 1.807) is 18.2 Å². The number of hydrogen-bond donors (Lipinski definition) is 3. The first-order chi connectivity index (χ1) is 11.0. The van der Waals surface area contributed by atoms with Crippen molar-refractivity contribution in [3.05, 3.63) is 59.2 Å². The van der Waals surface area contributed by atoms with Gasteiger partial charge in [-0.15, -0.1) is 0 Å². The van der Waals surface area contributed by atoms with Gasteiger partial charge in [0.25, 0.3) is 0 Å². The molecule has 0 heterocycles. The van der Waals surface area contributed by atoms with E-state index in [-0.39, 0.29) is 12.4 Å². The molecule has 1 atom stereocenters. The molecule has 1 aromatic carbocycles. The lowest BCUT2D eigenvalue weighted by molar-refractivity contribution is 0.200. The van der Waals surface area contributed by atoms with Gasteiger partial charge in [0.05, 0.1) is 12.7 Å². The third kappa shape index (κ3) is 6.43. The summed E-state index contributed by atoms with van der Waals surface area (Å²) in [6, 6.07) is 7.13. The second-order valence-electron chi connectivity index (χ2n) is 5.60. The summed E-state index contributed by atoms with van der Waals surface area (Å²) in [4.78, 5) is 0. The molecule has 1 aromatic rings. The van der Waals surface area contributed by atoms with Crippen molar-refractivity contribution in [2.24, 2.45) is 0 Å². The van der Waals surface area contributed by atoms with Crippen LogP contribution < -0.4 is 0 Å². The van der Waals surface area contributed by atoms with Crippen LogP contribution in [0.4, 0.5) is 0 Å². The Balaban J connectivity index is 2.76. The molecule has 23 heavy (non-hydrogen) atoms. The second-order valence-corrected chi connectivity index (χ2v) is 5.60. The molecule has 0 radical (unpaired) electrons. The summed E-state index contributed by atoms with van der Waals surface area (Å²) in [5.74, 6) is 0.252. The Bertz CT molecular complexity index is 570. The standard InChI is InChI=1S/C20H28O3/c1-4-15(3)19(11-12-21)20(23)10-9-16(5-2)13-17-7-6-8-18(22)14-17/h6-8,11,13-14,20-23H,3-5,9-10,12H2,1-2H3/b16-13+,19-11-. The highest BCUT2D eigenvalue weighted by molar-refractivity contribution is 5.54. The van der Waals surface area contributed by atoms with Gasteiger partial charge in [0.1, 0.15) is 5.75 Å². The third-order valence-corrected chi connectivity index (χ3v) is 3.94. The molecule has 0 spiro atoms. The molecule has 0 amide bonds. The van der Waals surface area contributed by atoms with Gasteiger partial charge in [-0.25, -0.2) is 0 Å². The van der Waals surface area contributed by atoms with Crippen molar-refractivity contribution in [1.82, 2.24) is 0 Å². The van der Waals surface area contributed by atoms with Crippen LogP contribution in [0.1, 0.15) is 45.1 Å². The van der Waals surface area contributed by atoms with Gasteiger partial charge in [-0.2, -0.15) is 0 Å². The average molecular weight is 316 g/mol. The van der Waals surface area contributed by atoms with E-state index in [9.17, 15) is 10.2 Å². The minimum atomic E-state index is -0.617. The van der Waals surface area contributed by atoms with Crippen LogP contribution in [0.25, 0.3) is 6.08 Å². The van der Waals surface area contributed by atoms with E-state index in [2.05, 4.69) is 19.6 Å². The molecule has 3 nitrogen and oxygen atoms in total. The minimum absolute atomic E-state index is 0.0921. The monoisotopic (exact) mass is 316 g/mol. The van der Waals surface area contributed by atoms with Crippen LogP contribution in [0.15, 0.2) is 53.6 Å². The summed E-state index contributed by atoms with van der Waals surface area (Å²) in [6.45, 7) is 7.93. The van der Waals surface area contributed by atoms with Gasteiger partial charge in [0.15, 0.2) is 0 Å². The van der Waals surface area contributed by atoms with Crippen LogP contribution in [-0.4, -0.2) is 28.0 Å². The quantitative estimate of drug-likeness (QED) is 0.598. The first kappa shape index (κ1) is 19.2. The smallest absolute Gasteiger partial charge is 0.116 e. The lowest BCUT2D eigenvalue weighted by Crippen LogP contribution is -2.13. The Kier molecular flexibility index (Phi) is 8.38. The molecule has 0 saturated heterocycles. The number of benzene rings is 1. The third-order valence-electron chi connectivity index (χ3n) is 3.94. The molecule has 0 saturated carbocycles. The summed E-state index contributed by atoms with van der Waals surface area (Å²) in [6.07, 6.45) is 6.06. The lowest BCUT2D eigenvalue weighted by atomic mass is 9.93. The minimum Gasteiger partial charge on any atom is -0.508 e. The fraction of sp³-hybridized carbons (Fsp3) is 0.400. The van der Waals surface area contributed by atoms with Crippen LogP contribution in [0.5, 0.6) is 5.75 Å². The van der Waals surface area contributed by atoms with Crippen LogP contribution in [0.2, 0.25) is 0 Å². The number of allylic oxidation sites excluding steroid dienone is 1. The molecule has 1 rings (SSSR count). The maximum atomic E-state index is 10.4. The molecule has 0 aliphatic carbocycles. The van der Waals surface area contributed by atoms with Crippen molar-refractivity contribution in [1.29, 1.82) is 0 Å². The summed E-state index contributed by atoms with van der Waals surface area (Å²) >= 11 is 0. The van der Waals surface area contributed by atoms with Crippen molar-refractivity contribution in [2.75, 3.05) is 6.61 Å². The number of aliphatic hydroxyl groups is 2. The second kappa shape index (κ2) is 10.0. The Labute approximate surface area is 139 Å². The van der Waals surface area contributed by atoms with Gasteiger partial charge in [-0.3, -0.25) is 0 Å². The molecule has 0 aliphatic rings. The number of aliphatic hydroxyl groups excluding tert-OH is 2. The van der Waals surface area contributed by atoms with Crippen molar-refractivity contribution in [2.45, 2.75) is 45.6 Å². The molecule has 0 bridgehead atoms. The average Bonchev–Trinajstić information content (AvgIpc) is 2.55. The number of phenolic OH excluding ortho intramolecular Hbond substituents is 1.